The van der Waals surface area contributed by atoms with Crippen molar-refractivity contribution in [2.75, 3.05) is 13.7 Å². The molecule has 0 aliphatic carbocycles. The maximum Gasteiger partial charge on any atom is 0.341 e. The number of hydrogen-bond acceptors (Lipinski definition) is 3. The summed E-state index contributed by atoms with van der Waals surface area (Å²) in [5.74, 6) is -1.20. The highest BCUT2D eigenvalue weighted by atomic mass is 16.5. The first-order chi connectivity index (χ1) is 7.07. The van der Waals surface area contributed by atoms with Crippen LogP contribution in [0.2, 0.25) is 0 Å². The minimum Gasteiger partial charge on any atom is -0.477 e. The summed E-state index contributed by atoms with van der Waals surface area (Å²) in [5, 5.41) is 8.76. The zero-order valence-corrected chi connectivity index (χ0v) is 8.69. The Balaban J connectivity index is 3.18. The molecular formula is C10H13NO4. The van der Waals surface area contributed by atoms with Crippen LogP contribution in [0, 0.1) is 6.92 Å². The molecule has 0 spiro atoms. The highest BCUT2D eigenvalue weighted by molar-refractivity contribution is 5.87. The number of nitrogens with zero attached hydrogens (tertiary/aromatic N) is 1. The molecule has 5 heteroatoms. The molecule has 0 aliphatic rings. The highest BCUT2D eigenvalue weighted by Crippen LogP contribution is 1.98. The molecule has 1 heterocycles. The molecule has 0 fully saturated rings. The van der Waals surface area contributed by atoms with Crippen LogP contribution in [-0.2, 0) is 11.3 Å². The van der Waals surface area contributed by atoms with Gasteiger partial charge in [-0.1, -0.05) is 0 Å². The maximum atomic E-state index is 11.7. The van der Waals surface area contributed by atoms with Crippen molar-refractivity contribution < 1.29 is 14.6 Å². The van der Waals surface area contributed by atoms with Gasteiger partial charge in [-0.3, -0.25) is 4.79 Å². The van der Waals surface area contributed by atoms with Crippen molar-refractivity contribution in [1.82, 2.24) is 4.57 Å². The van der Waals surface area contributed by atoms with Gasteiger partial charge in [0, 0.05) is 19.3 Å². The lowest BCUT2D eigenvalue weighted by atomic mass is 10.2. The fourth-order valence-corrected chi connectivity index (χ4v) is 1.29. The Morgan fingerprint density at radius 2 is 2.20 bits per heavy atom. The zero-order valence-electron chi connectivity index (χ0n) is 8.69. The van der Waals surface area contributed by atoms with Crippen LogP contribution >= 0.6 is 0 Å². The first kappa shape index (κ1) is 11.5. The molecular weight excluding hydrogens is 198 g/mol. The second-order valence-electron chi connectivity index (χ2n) is 3.14. The van der Waals surface area contributed by atoms with Crippen LogP contribution in [0.4, 0.5) is 0 Å². The number of aryl methyl sites for hydroxylation is 1. The van der Waals surface area contributed by atoms with Crippen molar-refractivity contribution in [3.8, 4) is 0 Å². The minimum atomic E-state index is -1.20. The molecule has 1 rings (SSSR count). The summed E-state index contributed by atoms with van der Waals surface area (Å²) in [5.41, 5.74) is 0.0262. The van der Waals surface area contributed by atoms with Crippen molar-refractivity contribution >= 4 is 5.97 Å². The van der Waals surface area contributed by atoms with Crippen LogP contribution in [-0.4, -0.2) is 29.4 Å². The number of ether oxygens (including phenoxy) is 1. The summed E-state index contributed by atoms with van der Waals surface area (Å²) < 4.78 is 6.24. The van der Waals surface area contributed by atoms with E-state index < -0.39 is 11.5 Å². The topological polar surface area (TPSA) is 68.5 Å². The van der Waals surface area contributed by atoms with E-state index in [1.54, 1.807) is 13.0 Å². The lowest BCUT2D eigenvalue weighted by Crippen LogP contribution is -2.29. The van der Waals surface area contributed by atoms with Crippen LogP contribution in [0.5, 0.6) is 0 Å². The standard InChI is InChI=1S/C10H13NO4/c1-7-3-4-8(10(13)14)9(12)11(7)5-6-15-2/h3-4H,5-6H2,1-2H3,(H,13,14). The van der Waals surface area contributed by atoms with Gasteiger partial charge in [0.05, 0.1) is 6.61 Å². The van der Waals surface area contributed by atoms with Crippen molar-refractivity contribution in [2.45, 2.75) is 13.5 Å². The molecule has 0 bridgehead atoms. The first-order valence-electron chi connectivity index (χ1n) is 4.50. The third-order valence-corrected chi connectivity index (χ3v) is 2.14. The Morgan fingerprint density at radius 1 is 1.53 bits per heavy atom. The van der Waals surface area contributed by atoms with Gasteiger partial charge in [-0.25, -0.2) is 4.79 Å². The average molecular weight is 211 g/mol. The summed E-state index contributed by atoms with van der Waals surface area (Å²) in [6, 6.07) is 2.93. The number of hydrogen-bond donors (Lipinski definition) is 1. The summed E-state index contributed by atoms with van der Waals surface area (Å²) in [7, 11) is 1.53. The SMILES string of the molecule is COCCn1c(C)ccc(C(=O)O)c1=O. The second kappa shape index (κ2) is 4.75. The molecule has 0 unspecified atom stereocenters. The molecule has 82 valence electrons. The lowest BCUT2D eigenvalue weighted by Gasteiger charge is -2.09. The summed E-state index contributed by atoms with van der Waals surface area (Å²) in [6.45, 7) is 2.49. The van der Waals surface area contributed by atoms with Gasteiger partial charge >= 0.3 is 5.97 Å². The van der Waals surface area contributed by atoms with E-state index in [-0.39, 0.29) is 5.56 Å². The second-order valence-corrected chi connectivity index (χ2v) is 3.14. The predicted molar refractivity (Wildman–Crippen MR) is 54.3 cm³/mol. The van der Waals surface area contributed by atoms with Gasteiger partial charge in [-0.15, -0.1) is 0 Å². The van der Waals surface area contributed by atoms with Crippen molar-refractivity contribution in [1.29, 1.82) is 0 Å². The number of pyridine rings is 1. The number of carboxylic acid groups (broad SMARTS) is 1. The van der Waals surface area contributed by atoms with E-state index >= 15 is 0 Å². The van der Waals surface area contributed by atoms with Crippen molar-refractivity contribution in [3.63, 3.8) is 0 Å². The van der Waals surface area contributed by atoms with Gasteiger partial charge in [0.1, 0.15) is 5.56 Å². The number of aromatic carboxylic acids is 1. The Hall–Kier alpha value is -1.62. The maximum absolute atomic E-state index is 11.7. The van der Waals surface area contributed by atoms with Gasteiger partial charge in [-0.05, 0) is 19.1 Å². The summed E-state index contributed by atoms with van der Waals surface area (Å²) in [6.07, 6.45) is 0. The number of aromatic nitrogens is 1. The molecule has 0 aliphatic heterocycles. The van der Waals surface area contributed by atoms with Crippen molar-refractivity contribution in [3.05, 3.63) is 33.7 Å². The Bertz CT molecular complexity index is 422. The normalized spacial score (nSPS) is 10.3. The molecule has 1 aromatic rings. The zero-order chi connectivity index (χ0) is 11.4. The molecule has 15 heavy (non-hydrogen) atoms. The summed E-state index contributed by atoms with van der Waals surface area (Å²) >= 11 is 0. The van der Waals surface area contributed by atoms with E-state index in [0.717, 1.165) is 5.69 Å². The van der Waals surface area contributed by atoms with Crippen LogP contribution in [0.3, 0.4) is 0 Å². The quantitative estimate of drug-likeness (QED) is 0.787. The lowest BCUT2D eigenvalue weighted by molar-refractivity contribution is 0.0693. The van der Waals surface area contributed by atoms with Gasteiger partial charge in [-0.2, -0.15) is 0 Å². The molecule has 0 radical (unpaired) electrons. The Kier molecular flexibility index (Phi) is 3.62. The van der Waals surface area contributed by atoms with Crippen LogP contribution in [0.15, 0.2) is 16.9 Å². The van der Waals surface area contributed by atoms with Gasteiger partial charge in [0.2, 0.25) is 0 Å². The Labute approximate surface area is 86.9 Å². The van der Waals surface area contributed by atoms with Gasteiger partial charge in [0.25, 0.3) is 5.56 Å². The Morgan fingerprint density at radius 3 is 2.73 bits per heavy atom. The van der Waals surface area contributed by atoms with E-state index in [2.05, 4.69) is 0 Å². The largest absolute Gasteiger partial charge is 0.477 e. The van der Waals surface area contributed by atoms with E-state index in [1.165, 1.54) is 17.7 Å². The third-order valence-electron chi connectivity index (χ3n) is 2.14. The van der Waals surface area contributed by atoms with E-state index in [4.69, 9.17) is 9.84 Å². The number of carboxylic acids is 1. The predicted octanol–water partition coefficient (Wildman–Crippen LogP) is 0.501. The van der Waals surface area contributed by atoms with E-state index in [0.29, 0.717) is 13.2 Å². The summed E-state index contributed by atoms with van der Waals surface area (Å²) in [4.78, 5) is 22.4. The third kappa shape index (κ3) is 2.44. The fourth-order valence-electron chi connectivity index (χ4n) is 1.29. The molecule has 0 aromatic carbocycles. The van der Waals surface area contributed by atoms with E-state index in [9.17, 15) is 9.59 Å². The molecule has 0 amide bonds. The molecule has 0 saturated heterocycles. The highest BCUT2D eigenvalue weighted by Gasteiger charge is 2.11. The minimum absolute atomic E-state index is 0.211. The number of carbonyl (C=O) groups is 1. The number of methoxy groups -OCH3 is 1. The average Bonchev–Trinajstić information content (AvgIpc) is 2.17. The first-order valence-corrected chi connectivity index (χ1v) is 4.50. The molecule has 1 N–H and O–H groups in total. The van der Waals surface area contributed by atoms with Crippen LogP contribution in [0.1, 0.15) is 16.1 Å². The molecule has 1 aromatic heterocycles. The number of rotatable bonds is 4. The molecule has 0 saturated carbocycles. The monoisotopic (exact) mass is 211 g/mol. The van der Waals surface area contributed by atoms with Crippen LogP contribution in [0.25, 0.3) is 0 Å². The molecule has 0 atom stereocenters. The van der Waals surface area contributed by atoms with Gasteiger partial charge < -0.3 is 14.4 Å². The van der Waals surface area contributed by atoms with Crippen molar-refractivity contribution in [2.24, 2.45) is 0 Å². The van der Waals surface area contributed by atoms with E-state index in [1.807, 2.05) is 0 Å². The van der Waals surface area contributed by atoms with Gasteiger partial charge in [0.15, 0.2) is 0 Å². The fraction of sp³-hybridized carbons (Fsp3) is 0.400. The molecule has 5 nitrogen and oxygen atoms in total. The van der Waals surface area contributed by atoms with Crippen LogP contribution < -0.4 is 5.56 Å². The smallest absolute Gasteiger partial charge is 0.341 e.